The van der Waals surface area contributed by atoms with Gasteiger partial charge in [0.1, 0.15) is 0 Å². The van der Waals surface area contributed by atoms with Crippen LogP contribution in [0.3, 0.4) is 0 Å². The Kier molecular flexibility index (Phi) is 3.40. The van der Waals surface area contributed by atoms with Gasteiger partial charge in [0.15, 0.2) is 5.82 Å². The zero-order valence-electron chi connectivity index (χ0n) is 10.9. The molecule has 8 heteroatoms. The Hall–Kier alpha value is -2.32. The number of anilines is 1. The van der Waals surface area contributed by atoms with E-state index in [1.165, 1.54) is 7.11 Å². The largest absolute Gasteiger partial charge is 0.389 e. The number of hydrogen-bond acceptors (Lipinski definition) is 7. The maximum Gasteiger partial charge on any atom is 0.222 e. The lowest BCUT2D eigenvalue weighted by Gasteiger charge is -2.12. The summed E-state index contributed by atoms with van der Waals surface area (Å²) in [4.78, 5) is 4.48. The molecule has 0 saturated heterocycles. The molecule has 0 bridgehead atoms. The molecule has 1 aromatic carbocycles. The third kappa shape index (κ3) is 2.26. The molecule has 3 aromatic rings. The highest BCUT2D eigenvalue weighted by Crippen LogP contribution is 2.18. The summed E-state index contributed by atoms with van der Waals surface area (Å²) >= 11 is 0. The Labute approximate surface area is 114 Å². The van der Waals surface area contributed by atoms with Crippen LogP contribution in [0.1, 0.15) is 0 Å². The van der Waals surface area contributed by atoms with Gasteiger partial charge in [0, 0.05) is 13.7 Å². The van der Waals surface area contributed by atoms with Crippen molar-refractivity contribution < 1.29 is 9.84 Å². The number of benzene rings is 1. The normalized spacial score (nSPS) is 12.9. The van der Waals surface area contributed by atoms with E-state index < -0.39 is 6.10 Å². The number of para-hydroxylation sites is 2. The molecule has 2 heterocycles. The predicted molar refractivity (Wildman–Crippen MR) is 72.5 cm³/mol. The van der Waals surface area contributed by atoms with E-state index in [2.05, 4.69) is 25.8 Å². The molecule has 0 aliphatic heterocycles. The minimum Gasteiger partial charge on any atom is -0.389 e. The Morgan fingerprint density at radius 3 is 3.10 bits per heavy atom. The molecule has 20 heavy (non-hydrogen) atoms. The number of ether oxygens (including phenoxy) is 1. The molecule has 2 N–H and O–H groups in total. The lowest BCUT2D eigenvalue weighted by atomic mass is 10.3. The number of methoxy groups -OCH3 is 1. The Balaban J connectivity index is 1.98. The lowest BCUT2D eigenvalue weighted by molar-refractivity contribution is 0.0727. The molecule has 0 unspecified atom stereocenters. The second-order valence-electron chi connectivity index (χ2n) is 4.35. The topological polar surface area (TPSA) is 97.5 Å². The summed E-state index contributed by atoms with van der Waals surface area (Å²) in [6.45, 7) is 0.559. The van der Waals surface area contributed by atoms with Crippen LogP contribution in [0.4, 0.5) is 5.82 Å². The van der Waals surface area contributed by atoms with Crippen LogP contribution in [-0.2, 0) is 4.74 Å². The highest BCUT2D eigenvalue weighted by atomic mass is 16.5. The molecule has 0 fully saturated rings. The first kappa shape index (κ1) is 12.7. The Morgan fingerprint density at radius 1 is 1.40 bits per heavy atom. The second-order valence-corrected chi connectivity index (χ2v) is 4.35. The summed E-state index contributed by atoms with van der Waals surface area (Å²) in [5.41, 5.74) is 2.12. The summed E-state index contributed by atoms with van der Waals surface area (Å²) in [6, 6.07) is 7.58. The molecular formula is C12H14N6O2. The van der Waals surface area contributed by atoms with Gasteiger partial charge < -0.3 is 15.2 Å². The van der Waals surface area contributed by atoms with E-state index in [-0.39, 0.29) is 6.61 Å². The molecule has 0 aliphatic rings. The van der Waals surface area contributed by atoms with Crippen LogP contribution in [0, 0.1) is 0 Å². The van der Waals surface area contributed by atoms with Gasteiger partial charge in [-0.3, -0.25) is 0 Å². The Morgan fingerprint density at radius 2 is 2.25 bits per heavy atom. The molecule has 8 nitrogen and oxygen atoms in total. The number of tetrazole rings is 1. The van der Waals surface area contributed by atoms with Crippen molar-refractivity contribution in [3.8, 4) is 0 Å². The van der Waals surface area contributed by atoms with Gasteiger partial charge in [-0.2, -0.15) is 4.52 Å². The average Bonchev–Trinajstić information content (AvgIpc) is 2.95. The lowest BCUT2D eigenvalue weighted by Crippen LogP contribution is -2.24. The minimum absolute atomic E-state index is 0.252. The summed E-state index contributed by atoms with van der Waals surface area (Å²) in [6.07, 6.45) is -0.621. The smallest absolute Gasteiger partial charge is 0.222 e. The quantitative estimate of drug-likeness (QED) is 0.680. The van der Waals surface area contributed by atoms with E-state index in [1.807, 2.05) is 24.3 Å². The molecule has 1 atom stereocenters. The molecule has 104 valence electrons. The molecule has 2 aromatic heterocycles. The summed E-state index contributed by atoms with van der Waals surface area (Å²) in [5.74, 6) is 0.531. The van der Waals surface area contributed by atoms with E-state index in [9.17, 15) is 5.11 Å². The number of nitrogens with one attached hydrogen (secondary N) is 1. The molecule has 0 spiro atoms. The predicted octanol–water partition coefficient (Wildman–Crippen LogP) is 0.0917. The van der Waals surface area contributed by atoms with Gasteiger partial charge in [-0.15, -0.1) is 5.10 Å². The first-order valence-corrected chi connectivity index (χ1v) is 6.17. The zero-order valence-corrected chi connectivity index (χ0v) is 10.9. The fourth-order valence-electron chi connectivity index (χ4n) is 1.99. The van der Waals surface area contributed by atoms with Gasteiger partial charge in [0.25, 0.3) is 0 Å². The highest BCUT2D eigenvalue weighted by molar-refractivity contribution is 5.81. The monoisotopic (exact) mass is 274 g/mol. The fraction of sp³-hybridized carbons (Fsp3) is 0.333. The third-order valence-electron chi connectivity index (χ3n) is 2.89. The highest BCUT2D eigenvalue weighted by Gasteiger charge is 2.12. The zero-order chi connectivity index (χ0) is 13.9. The van der Waals surface area contributed by atoms with Crippen LogP contribution >= 0.6 is 0 Å². The fourth-order valence-corrected chi connectivity index (χ4v) is 1.99. The first-order chi connectivity index (χ1) is 9.79. The van der Waals surface area contributed by atoms with Crippen molar-refractivity contribution in [1.82, 2.24) is 25.0 Å². The molecule has 0 amide bonds. The molecular weight excluding hydrogens is 260 g/mol. The number of rotatable bonds is 5. The van der Waals surface area contributed by atoms with Crippen molar-refractivity contribution in [2.45, 2.75) is 6.10 Å². The molecule has 0 saturated carbocycles. The number of nitrogens with zero attached hydrogens (tertiary/aromatic N) is 5. The average molecular weight is 274 g/mol. The summed E-state index contributed by atoms with van der Waals surface area (Å²) < 4.78 is 6.50. The third-order valence-corrected chi connectivity index (χ3v) is 2.89. The standard InChI is InChI=1S/C12H14N6O2/c1-20-7-8(19)6-13-11-12-15-16-17-18(12)10-5-3-2-4-9(10)14-11/h2-5,8,19H,6-7H2,1H3,(H,13,14)/t8-/m1/s1. The molecule has 3 rings (SSSR count). The molecule has 0 aliphatic carbocycles. The van der Waals surface area contributed by atoms with Crippen LogP contribution in [0.15, 0.2) is 24.3 Å². The van der Waals surface area contributed by atoms with Gasteiger partial charge in [-0.25, -0.2) is 4.98 Å². The van der Waals surface area contributed by atoms with E-state index >= 15 is 0 Å². The van der Waals surface area contributed by atoms with E-state index in [1.54, 1.807) is 4.52 Å². The first-order valence-electron chi connectivity index (χ1n) is 6.17. The van der Waals surface area contributed by atoms with E-state index in [4.69, 9.17) is 4.74 Å². The SMILES string of the molecule is COC[C@H](O)CNc1nc2ccccc2n2nnnc12. The van der Waals surface area contributed by atoms with Crippen molar-refractivity contribution >= 4 is 22.5 Å². The Bertz CT molecular complexity index is 728. The molecule has 0 radical (unpaired) electrons. The van der Waals surface area contributed by atoms with Crippen molar-refractivity contribution in [3.63, 3.8) is 0 Å². The number of aliphatic hydroxyl groups excluding tert-OH is 1. The van der Waals surface area contributed by atoms with E-state index in [0.717, 1.165) is 11.0 Å². The second kappa shape index (κ2) is 5.35. The van der Waals surface area contributed by atoms with Gasteiger partial charge in [0.05, 0.1) is 23.7 Å². The minimum atomic E-state index is -0.621. The maximum absolute atomic E-state index is 9.67. The van der Waals surface area contributed by atoms with Crippen molar-refractivity contribution in [1.29, 1.82) is 0 Å². The number of aromatic nitrogens is 5. The maximum atomic E-state index is 9.67. The van der Waals surface area contributed by atoms with Crippen molar-refractivity contribution in [3.05, 3.63) is 24.3 Å². The van der Waals surface area contributed by atoms with Crippen molar-refractivity contribution in [2.24, 2.45) is 0 Å². The van der Waals surface area contributed by atoms with Crippen LogP contribution in [0.2, 0.25) is 0 Å². The van der Waals surface area contributed by atoms with Gasteiger partial charge >= 0.3 is 0 Å². The number of hydrogen-bond donors (Lipinski definition) is 2. The van der Waals surface area contributed by atoms with Crippen LogP contribution < -0.4 is 5.32 Å². The van der Waals surface area contributed by atoms with Gasteiger partial charge in [0.2, 0.25) is 5.65 Å². The van der Waals surface area contributed by atoms with Crippen LogP contribution in [0.5, 0.6) is 0 Å². The van der Waals surface area contributed by atoms with Crippen LogP contribution in [0.25, 0.3) is 16.7 Å². The summed E-state index contributed by atoms with van der Waals surface area (Å²) in [5, 5.41) is 24.3. The van der Waals surface area contributed by atoms with E-state index in [0.29, 0.717) is 18.0 Å². The number of fused-ring (bicyclic) bond motifs is 3. The van der Waals surface area contributed by atoms with Gasteiger partial charge in [-0.05, 0) is 22.6 Å². The van der Waals surface area contributed by atoms with Crippen LogP contribution in [-0.4, -0.2) is 56.5 Å². The number of aliphatic hydroxyl groups is 1. The van der Waals surface area contributed by atoms with Crippen molar-refractivity contribution in [2.75, 3.05) is 25.6 Å². The van der Waals surface area contributed by atoms with Gasteiger partial charge in [-0.1, -0.05) is 12.1 Å². The summed E-state index contributed by atoms with van der Waals surface area (Å²) in [7, 11) is 1.54.